The van der Waals surface area contributed by atoms with Gasteiger partial charge in [0.1, 0.15) is 0 Å². The van der Waals surface area contributed by atoms with Crippen molar-refractivity contribution in [1.82, 2.24) is 0 Å². The van der Waals surface area contributed by atoms with Crippen molar-refractivity contribution in [3.63, 3.8) is 0 Å². The van der Waals surface area contributed by atoms with E-state index >= 15 is 0 Å². The Balaban J connectivity index is 3.64. The maximum absolute atomic E-state index is 10.7. The first-order chi connectivity index (χ1) is 6.61. The van der Waals surface area contributed by atoms with Crippen molar-refractivity contribution >= 4 is 20.6 Å². The molecule has 0 aliphatic carbocycles. The van der Waals surface area contributed by atoms with Gasteiger partial charge < -0.3 is 0 Å². The van der Waals surface area contributed by atoms with Crippen LogP contribution in [0.1, 0.15) is 33.6 Å². The maximum atomic E-state index is 10.7. The van der Waals surface area contributed by atoms with Crippen LogP contribution in [0.25, 0.3) is 0 Å². The summed E-state index contributed by atoms with van der Waals surface area (Å²) < 4.78 is 0. The third-order valence-corrected chi connectivity index (χ3v) is 8.16. The van der Waals surface area contributed by atoms with Gasteiger partial charge in [-0.15, -0.1) is 0 Å². The number of nitrogens with two attached hydrogens (primary N) is 1. The van der Waals surface area contributed by atoms with Crippen LogP contribution >= 0.6 is 0 Å². The molecule has 0 bridgehead atoms. The Labute approximate surface area is 92.2 Å². The zero-order valence-electron chi connectivity index (χ0n) is 9.55. The molecule has 82 valence electrons. The van der Waals surface area contributed by atoms with Gasteiger partial charge in [0.25, 0.3) is 0 Å². The first-order valence-corrected chi connectivity index (χ1v) is 9.28. The number of rotatable bonds is 7. The van der Waals surface area contributed by atoms with E-state index in [-0.39, 0.29) is 5.91 Å². The van der Waals surface area contributed by atoms with Gasteiger partial charge in [-0.25, -0.2) is 0 Å². The van der Waals surface area contributed by atoms with Gasteiger partial charge in [-0.3, -0.25) is 0 Å². The molecule has 0 saturated carbocycles. The van der Waals surface area contributed by atoms with Crippen LogP contribution in [0, 0.1) is 0 Å². The molecule has 3 heteroatoms. The van der Waals surface area contributed by atoms with Crippen LogP contribution in [0.4, 0.5) is 0 Å². The molecule has 2 nitrogen and oxygen atoms in total. The average molecular weight is 259 g/mol. The molecular formula is C11H22AsNO. The molecule has 0 rings (SSSR count). The van der Waals surface area contributed by atoms with Crippen LogP contribution in [-0.4, -0.2) is 20.6 Å². The predicted molar refractivity (Wildman–Crippen MR) is 63.7 cm³/mol. The number of unbranched alkanes of at least 4 members (excludes halogenated alkanes) is 1. The Bertz CT molecular complexity index is 197. The Hall–Kier alpha value is -0.232. The average Bonchev–Trinajstić information content (AvgIpc) is 2.17. The minimum absolute atomic E-state index is 0.287. The molecule has 0 saturated heterocycles. The van der Waals surface area contributed by atoms with Gasteiger partial charge in [-0.1, -0.05) is 0 Å². The van der Waals surface area contributed by atoms with Crippen molar-refractivity contribution in [2.75, 3.05) is 0 Å². The van der Waals surface area contributed by atoms with E-state index in [2.05, 4.69) is 13.8 Å². The van der Waals surface area contributed by atoms with Crippen LogP contribution < -0.4 is 5.73 Å². The first-order valence-electron chi connectivity index (χ1n) is 5.30. The quantitative estimate of drug-likeness (QED) is 0.426. The summed E-state index contributed by atoms with van der Waals surface area (Å²) in [5.74, 6) is -0.287. The predicted octanol–water partition coefficient (Wildman–Crippen LogP) is 2.73. The Morgan fingerprint density at radius 3 is 2.36 bits per heavy atom. The monoisotopic (exact) mass is 259 g/mol. The van der Waals surface area contributed by atoms with E-state index in [1.54, 1.807) is 6.92 Å². The summed E-state index contributed by atoms with van der Waals surface area (Å²) in [6.07, 6.45) is 4.21. The molecular weight excluding hydrogens is 237 g/mol. The molecule has 0 aliphatic rings. The van der Waals surface area contributed by atoms with Gasteiger partial charge in [0, 0.05) is 0 Å². The zero-order valence-corrected chi connectivity index (χ0v) is 11.4. The summed E-state index contributed by atoms with van der Waals surface area (Å²) in [6.45, 7) is 6.39. The zero-order chi connectivity index (χ0) is 11.0. The SMILES string of the molecule is CC[As](CC)CCCC=C(C)C(N)=O. The molecule has 0 fully saturated rings. The van der Waals surface area contributed by atoms with Crippen LogP contribution in [0.15, 0.2) is 11.6 Å². The van der Waals surface area contributed by atoms with E-state index < -0.39 is 14.7 Å². The van der Waals surface area contributed by atoms with Crippen molar-refractivity contribution in [1.29, 1.82) is 0 Å². The molecule has 0 unspecified atom stereocenters. The van der Waals surface area contributed by atoms with Gasteiger partial charge in [0.2, 0.25) is 0 Å². The summed E-state index contributed by atoms with van der Waals surface area (Å²) in [4.78, 5) is 10.7. The van der Waals surface area contributed by atoms with Gasteiger partial charge in [0.15, 0.2) is 0 Å². The molecule has 0 spiro atoms. The summed E-state index contributed by atoms with van der Waals surface area (Å²) in [7, 11) is 0. The molecule has 2 N–H and O–H groups in total. The van der Waals surface area contributed by atoms with Crippen LogP contribution in [0.5, 0.6) is 0 Å². The molecule has 0 radical (unpaired) electrons. The third-order valence-electron chi connectivity index (χ3n) is 2.41. The third kappa shape index (κ3) is 6.26. The second-order valence-electron chi connectivity index (χ2n) is 3.42. The molecule has 0 atom stereocenters. The fourth-order valence-corrected chi connectivity index (χ4v) is 4.86. The van der Waals surface area contributed by atoms with Crippen molar-refractivity contribution in [2.45, 2.75) is 49.2 Å². The Morgan fingerprint density at radius 2 is 1.93 bits per heavy atom. The van der Waals surface area contributed by atoms with Crippen molar-refractivity contribution in [2.24, 2.45) is 5.73 Å². The van der Waals surface area contributed by atoms with Crippen LogP contribution in [-0.2, 0) is 4.79 Å². The second kappa shape index (κ2) is 8.11. The Morgan fingerprint density at radius 1 is 1.36 bits per heavy atom. The topological polar surface area (TPSA) is 43.1 Å². The van der Waals surface area contributed by atoms with E-state index in [9.17, 15) is 4.79 Å². The van der Waals surface area contributed by atoms with Crippen molar-refractivity contribution in [3.05, 3.63) is 11.6 Å². The number of primary amides is 1. The normalized spacial score (nSPS) is 12.1. The minimum atomic E-state index is -0.489. The fraction of sp³-hybridized carbons (Fsp3) is 0.727. The molecule has 0 heterocycles. The van der Waals surface area contributed by atoms with E-state index in [1.807, 2.05) is 6.08 Å². The van der Waals surface area contributed by atoms with E-state index in [1.165, 1.54) is 22.0 Å². The summed E-state index contributed by atoms with van der Waals surface area (Å²) in [5.41, 5.74) is 5.84. The van der Waals surface area contributed by atoms with Gasteiger partial charge >= 0.3 is 92.0 Å². The van der Waals surface area contributed by atoms with Crippen molar-refractivity contribution < 1.29 is 4.79 Å². The molecule has 0 aliphatic heterocycles. The molecule has 0 aromatic carbocycles. The molecule has 0 aromatic rings. The number of carbonyl (C=O) groups is 1. The van der Waals surface area contributed by atoms with Crippen LogP contribution in [0.2, 0.25) is 15.6 Å². The van der Waals surface area contributed by atoms with E-state index in [0.717, 1.165) is 6.42 Å². The number of hydrogen-bond acceptors (Lipinski definition) is 1. The number of carbonyl (C=O) groups excluding carboxylic acids is 1. The molecule has 14 heavy (non-hydrogen) atoms. The summed E-state index contributed by atoms with van der Waals surface area (Å²) in [5, 5.41) is 4.21. The second-order valence-corrected chi connectivity index (χ2v) is 9.83. The summed E-state index contributed by atoms with van der Waals surface area (Å²) >= 11 is -0.489. The first kappa shape index (κ1) is 13.8. The van der Waals surface area contributed by atoms with Gasteiger partial charge in [0.05, 0.1) is 0 Å². The van der Waals surface area contributed by atoms with Crippen molar-refractivity contribution in [3.8, 4) is 0 Å². The number of allylic oxidation sites excluding steroid dienone is 1. The van der Waals surface area contributed by atoms with Crippen LogP contribution in [0.3, 0.4) is 0 Å². The molecule has 0 aromatic heterocycles. The number of amides is 1. The molecule has 1 amide bonds. The van der Waals surface area contributed by atoms with Gasteiger partial charge in [-0.05, 0) is 0 Å². The van der Waals surface area contributed by atoms with Gasteiger partial charge in [-0.2, -0.15) is 0 Å². The van der Waals surface area contributed by atoms with E-state index in [4.69, 9.17) is 5.73 Å². The fourth-order valence-electron chi connectivity index (χ4n) is 1.27. The van der Waals surface area contributed by atoms with E-state index in [0.29, 0.717) is 5.57 Å². The summed E-state index contributed by atoms with van der Waals surface area (Å²) in [6, 6.07) is 0. The number of hydrogen-bond donors (Lipinski definition) is 1. The Kier molecular flexibility index (Phi) is 7.97. The standard InChI is InChI=1S/C11H22AsNO/c1-4-12(5-2)9-7-6-8-10(3)11(13)14/h8H,4-7,9H2,1-3H3,(H2,13,14).